The van der Waals surface area contributed by atoms with Crippen molar-refractivity contribution in [3.63, 3.8) is 0 Å². The summed E-state index contributed by atoms with van der Waals surface area (Å²) in [5.41, 5.74) is 1.78. The number of nitrogens with zero attached hydrogens (tertiary/aromatic N) is 3. The summed E-state index contributed by atoms with van der Waals surface area (Å²) < 4.78 is 31.5. The van der Waals surface area contributed by atoms with Gasteiger partial charge in [0.1, 0.15) is 11.6 Å². The molecule has 0 saturated carbocycles. The molecule has 3 atom stereocenters. The fourth-order valence-corrected chi connectivity index (χ4v) is 7.81. The van der Waals surface area contributed by atoms with Crippen molar-refractivity contribution in [2.24, 2.45) is 17.3 Å². The average Bonchev–Trinajstić information content (AvgIpc) is 3.83. The highest BCUT2D eigenvalue weighted by molar-refractivity contribution is 7.99. The molecule has 5 rings (SSSR count). The van der Waals surface area contributed by atoms with Gasteiger partial charge in [-0.25, -0.2) is 8.78 Å². The van der Waals surface area contributed by atoms with Crippen LogP contribution in [0.25, 0.3) is 11.1 Å². The summed E-state index contributed by atoms with van der Waals surface area (Å²) in [5.74, 6) is -5.49. The van der Waals surface area contributed by atoms with Crippen molar-refractivity contribution in [3.05, 3.63) is 95.8 Å². The van der Waals surface area contributed by atoms with E-state index in [1.807, 2.05) is 66.6 Å². The highest BCUT2D eigenvalue weighted by Gasteiger charge is 2.39. The van der Waals surface area contributed by atoms with E-state index in [4.69, 9.17) is 0 Å². The van der Waals surface area contributed by atoms with E-state index in [1.54, 1.807) is 6.20 Å². The quantitative estimate of drug-likeness (QED) is 0.189. The van der Waals surface area contributed by atoms with Gasteiger partial charge in [-0.2, -0.15) is 11.8 Å². The van der Waals surface area contributed by atoms with Crippen molar-refractivity contribution in [1.82, 2.24) is 19.7 Å². The van der Waals surface area contributed by atoms with Crippen LogP contribution in [-0.4, -0.2) is 86.6 Å². The van der Waals surface area contributed by atoms with Gasteiger partial charge in [0.25, 0.3) is 11.8 Å². The Labute approximate surface area is 306 Å². The van der Waals surface area contributed by atoms with Gasteiger partial charge in [0.15, 0.2) is 5.78 Å². The molecule has 2 N–H and O–H groups in total. The van der Waals surface area contributed by atoms with Gasteiger partial charge in [-0.15, -0.1) is 0 Å². The summed E-state index contributed by atoms with van der Waals surface area (Å²) in [4.78, 5) is 65.6. The summed E-state index contributed by atoms with van der Waals surface area (Å²) >= 11 is 1.11. The number of carbonyl (C=O) groups excluding carboxylic acids is 4. The van der Waals surface area contributed by atoms with Crippen LogP contribution in [0, 0.1) is 28.9 Å². The fraction of sp³-hybridized carbons (Fsp3) is 0.410. The first-order valence-corrected chi connectivity index (χ1v) is 18.4. The highest BCUT2D eigenvalue weighted by Crippen LogP contribution is 2.42. The number of hydrogen-bond acceptors (Lipinski definition) is 7. The van der Waals surface area contributed by atoms with E-state index in [9.17, 15) is 33.5 Å². The Morgan fingerprint density at radius 1 is 1.04 bits per heavy atom. The van der Waals surface area contributed by atoms with Gasteiger partial charge >= 0.3 is 5.97 Å². The lowest BCUT2D eigenvalue weighted by Crippen LogP contribution is -2.45. The molecule has 3 aromatic rings. The molecule has 2 aromatic carbocycles. The molecule has 52 heavy (non-hydrogen) atoms. The number of aromatic nitrogens is 1. The third-order valence-electron chi connectivity index (χ3n) is 9.32. The minimum atomic E-state index is -1.22. The second-order valence-electron chi connectivity index (χ2n) is 14.5. The Bertz CT molecular complexity index is 1820. The number of imide groups is 1. The molecule has 0 aliphatic carbocycles. The van der Waals surface area contributed by atoms with E-state index in [0.29, 0.717) is 18.7 Å². The maximum Gasteiger partial charge on any atom is 0.307 e. The van der Waals surface area contributed by atoms with Crippen molar-refractivity contribution in [2.75, 3.05) is 37.7 Å². The molecular weight excluding hydrogens is 691 g/mol. The zero-order valence-electron chi connectivity index (χ0n) is 29.5. The number of amides is 3. The van der Waals surface area contributed by atoms with Crippen LogP contribution in [0.3, 0.4) is 0 Å². The van der Waals surface area contributed by atoms with Crippen molar-refractivity contribution < 1.29 is 37.9 Å². The zero-order chi connectivity index (χ0) is 37.6. The molecule has 276 valence electrons. The number of carboxylic acid groups (broad SMARTS) is 1. The minimum absolute atomic E-state index is 0.0423. The lowest BCUT2D eigenvalue weighted by molar-refractivity contribution is -0.144. The molecule has 1 unspecified atom stereocenters. The smallest absolute Gasteiger partial charge is 0.307 e. The molecule has 2 aliphatic heterocycles. The number of nitrogens with one attached hydrogen (secondary N) is 1. The highest BCUT2D eigenvalue weighted by atomic mass is 32.2. The average molecular weight is 735 g/mol. The Morgan fingerprint density at radius 3 is 2.38 bits per heavy atom. The predicted octanol–water partition coefficient (Wildman–Crippen LogP) is 5.33. The van der Waals surface area contributed by atoms with E-state index < -0.39 is 65.5 Å². The number of aliphatic carboxylic acids is 1. The molecule has 13 heteroatoms. The lowest BCUT2D eigenvalue weighted by Gasteiger charge is -2.42. The van der Waals surface area contributed by atoms with E-state index in [2.05, 4.69) is 5.32 Å². The van der Waals surface area contributed by atoms with Crippen LogP contribution < -0.4 is 5.32 Å². The van der Waals surface area contributed by atoms with E-state index in [-0.39, 0.29) is 28.9 Å². The second kappa shape index (κ2) is 16.8. The van der Waals surface area contributed by atoms with Crippen LogP contribution in [0.1, 0.15) is 50.9 Å². The van der Waals surface area contributed by atoms with Crippen LogP contribution in [-0.2, 0) is 30.5 Å². The summed E-state index contributed by atoms with van der Waals surface area (Å²) in [6.07, 6.45) is 4.37. The summed E-state index contributed by atoms with van der Waals surface area (Å²) in [6.45, 7) is 7.93. The number of ketones is 1. The maximum absolute atomic E-state index is 15.1. The minimum Gasteiger partial charge on any atom is -0.481 e. The summed E-state index contributed by atoms with van der Waals surface area (Å²) in [6, 6.07) is 14.4. The topological polar surface area (TPSA) is 129 Å². The van der Waals surface area contributed by atoms with Crippen LogP contribution in [0.5, 0.6) is 0 Å². The first-order chi connectivity index (χ1) is 24.7. The van der Waals surface area contributed by atoms with Gasteiger partial charge in [0.05, 0.1) is 24.3 Å². The van der Waals surface area contributed by atoms with Crippen molar-refractivity contribution in [3.8, 4) is 11.1 Å². The SMILES string of the molecule is CC(C)(C)[C@H](c1cc(-c2cc(F)ccc2F)cn1Cc1ccccc1)N(CC1CCNC1)C(=O)CSC[C@H](CC(=O)CN1C(=O)C=CC1=O)C(=O)O. The van der Waals surface area contributed by atoms with Crippen molar-refractivity contribution in [2.45, 2.75) is 46.2 Å². The van der Waals surface area contributed by atoms with Gasteiger partial charge in [-0.05, 0) is 60.7 Å². The molecule has 0 radical (unpaired) electrons. The number of thioether (sulfide) groups is 1. The van der Waals surface area contributed by atoms with Crippen molar-refractivity contribution in [1.29, 1.82) is 0 Å². The Balaban J connectivity index is 1.42. The molecule has 1 saturated heterocycles. The van der Waals surface area contributed by atoms with E-state index in [1.165, 1.54) is 6.07 Å². The number of carboxylic acids is 1. The Hall–Kier alpha value is -4.62. The first kappa shape index (κ1) is 38.6. The van der Waals surface area contributed by atoms with Crippen molar-refractivity contribution >= 4 is 41.2 Å². The molecular formula is C39H44F2N4O6S. The standard InChI is InChI=1S/C39H44F2N4O6S/c1-39(2,3)37(33-16-27(31-17-29(40)9-10-32(31)41)21-43(33)19-25-7-5-4-6-8-25)45(20-26-13-14-42-18-26)36(49)24-52-23-28(38(50)51)15-30(46)22-44-34(47)11-12-35(44)48/h4-12,16-17,21,26,28,37,42H,13-15,18-20,22-24H2,1-3H3,(H,50,51)/t26?,28-,37-/m0/s1. The van der Waals surface area contributed by atoms with Gasteiger partial charge in [0, 0.05) is 60.4 Å². The number of Topliss-reactive ketones (excluding diaryl/α,β-unsaturated/α-hetero) is 1. The van der Waals surface area contributed by atoms with E-state index in [0.717, 1.165) is 71.7 Å². The molecule has 3 heterocycles. The molecule has 10 nitrogen and oxygen atoms in total. The normalized spacial score (nSPS) is 17.1. The maximum atomic E-state index is 15.1. The lowest BCUT2D eigenvalue weighted by atomic mass is 9.82. The zero-order valence-corrected chi connectivity index (χ0v) is 30.3. The molecule has 1 aromatic heterocycles. The van der Waals surface area contributed by atoms with Gasteiger partial charge in [-0.3, -0.25) is 28.9 Å². The van der Waals surface area contributed by atoms with Gasteiger partial charge in [-0.1, -0.05) is 51.1 Å². The van der Waals surface area contributed by atoms with E-state index >= 15 is 4.39 Å². The van der Waals surface area contributed by atoms with Crippen LogP contribution in [0.4, 0.5) is 8.78 Å². The van der Waals surface area contributed by atoms with Gasteiger partial charge in [0.2, 0.25) is 5.91 Å². The molecule has 0 bridgehead atoms. The third kappa shape index (κ3) is 9.62. The Morgan fingerprint density at radius 2 is 1.75 bits per heavy atom. The fourth-order valence-electron chi connectivity index (χ4n) is 6.80. The molecule has 1 fully saturated rings. The van der Waals surface area contributed by atoms with Crippen LogP contribution >= 0.6 is 11.8 Å². The number of carbonyl (C=O) groups is 5. The summed E-state index contributed by atoms with van der Waals surface area (Å²) in [7, 11) is 0. The van der Waals surface area contributed by atoms with Gasteiger partial charge < -0.3 is 19.9 Å². The largest absolute Gasteiger partial charge is 0.481 e. The molecule has 2 aliphatic rings. The van der Waals surface area contributed by atoms with Crippen LogP contribution in [0.2, 0.25) is 0 Å². The number of benzene rings is 2. The number of hydrogen-bond donors (Lipinski definition) is 2. The Kier molecular flexibility index (Phi) is 12.5. The molecule has 3 amide bonds. The second-order valence-corrected chi connectivity index (χ2v) is 15.5. The third-order valence-corrected chi connectivity index (χ3v) is 10.4. The first-order valence-electron chi connectivity index (χ1n) is 17.3. The number of rotatable bonds is 16. The number of halogens is 2. The predicted molar refractivity (Wildman–Crippen MR) is 194 cm³/mol. The van der Waals surface area contributed by atoms with Crippen LogP contribution in [0.15, 0.2) is 72.9 Å². The summed E-state index contributed by atoms with van der Waals surface area (Å²) in [5, 5.41) is 13.3. The molecule has 0 spiro atoms. The monoisotopic (exact) mass is 734 g/mol.